The number of H-pyrrole nitrogens is 1. The van der Waals surface area contributed by atoms with Crippen LogP contribution >= 0.6 is 0 Å². The van der Waals surface area contributed by atoms with Gasteiger partial charge < -0.3 is 9.72 Å². The van der Waals surface area contributed by atoms with E-state index in [9.17, 15) is 25.9 Å². The molecule has 2 aromatic heterocycles. The Hall–Kier alpha value is -3.43. The Kier molecular flexibility index (Phi) is 7.64. The highest BCUT2D eigenvalue weighted by Gasteiger charge is 2.48. The van der Waals surface area contributed by atoms with E-state index in [0.717, 1.165) is 10.9 Å². The number of ether oxygens (including phenoxy) is 1. The zero-order valence-electron chi connectivity index (χ0n) is 20.2. The monoisotopic (exact) mass is 572 g/mol. The maximum Gasteiger partial charge on any atom is 0.398 e. The standard InChI is InChI=1S/C26H24N2O9S2/c29-38(30,31)36-25-22(20-10-4-8-18-9-5-12-28-23(18)20)14-21(19-11-13-27-15-19)24(26(25)37-39(32,33)34)35-16-17-6-2-1-3-7-17/h1-15,21,24-27H,16H2,(H,29,30,31)(H,32,33,34)/t21-,24-,25-,26+/m1/s1. The minimum absolute atomic E-state index is 0.00461. The number of aromatic nitrogens is 2. The Morgan fingerprint density at radius 1 is 0.846 bits per heavy atom. The second-order valence-electron chi connectivity index (χ2n) is 8.87. The van der Waals surface area contributed by atoms with Gasteiger partial charge in [0.1, 0.15) is 12.2 Å². The molecule has 2 heterocycles. The zero-order valence-corrected chi connectivity index (χ0v) is 21.8. The molecule has 2 aromatic carbocycles. The van der Waals surface area contributed by atoms with Gasteiger partial charge in [-0.2, -0.15) is 16.8 Å². The summed E-state index contributed by atoms with van der Waals surface area (Å²) in [4.78, 5) is 7.36. The molecule has 4 aromatic rings. The first kappa shape index (κ1) is 27.1. The average molecular weight is 573 g/mol. The maximum atomic E-state index is 12.1. The Labute approximate surface area is 225 Å². The van der Waals surface area contributed by atoms with Gasteiger partial charge in [0.25, 0.3) is 0 Å². The Bertz CT molecular complexity index is 1680. The van der Waals surface area contributed by atoms with Crippen LogP contribution < -0.4 is 0 Å². The van der Waals surface area contributed by atoms with Gasteiger partial charge in [-0.1, -0.05) is 60.7 Å². The van der Waals surface area contributed by atoms with Gasteiger partial charge in [-0.3, -0.25) is 14.1 Å². The fourth-order valence-electron chi connectivity index (χ4n) is 4.80. The molecular formula is C26H24N2O9S2. The first-order valence-corrected chi connectivity index (χ1v) is 14.5. The van der Waals surface area contributed by atoms with Gasteiger partial charge in [-0.15, -0.1) is 0 Å². The van der Waals surface area contributed by atoms with Crippen LogP contribution in [0.4, 0.5) is 0 Å². The number of rotatable bonds is 9. The van der Waals surface area contributed by atoms with Crippen molar-refractivity contribution >= 4 is 37.3 Å². The summed E-state index contributed by atoms with van der Waals surface area (Å²) in [7, 11) is -10.3. The summed E-state index contributed by atoms with van der Waals surface area (Å²) in [6, 6.07) is 19.4. The molecular weight excluding hydrogens is 548 g/mol. The quantitative estimate of drug-likeness (QED) is 0.252. The number of hydrogen-bond donors (Lipinski definition) is 3. The number of nitrogens with one attached hydrogen (secondary N) is 1. The lowest BCUT2D eigenvalue weighted by atomic mass is 9.78. The van der Waals surface area contributed by atoms with Crippen LogP contribution in [-0.4, -0.2) is 54.2 Å². The summed E-state index contributed by atoms with van der Waals surface area (Å²) in [6.45, 7) is -0.00461. The third kappa shape index (κ3) is 6.42. The number of benzene rings is 2. The van der Waals surface area contributed by atoms with Crippen LogP contribution in [0.1, 0.15) is 22.6 Å². The van der Waals surface area contributed by atoms with Crippen LogP contribution in [0.3, 0.4) is 0 Å². The predicted octanol–water partition coefficient (Wildman–Crippen LogP) is 3.71. The highest BCUT2D eigenvalue weighted by molar-refractivity contribution is 7.81. The molecule has 1 aliphatic carbocycles. The summed E-state index contributed by atoms with van der Waals surface area (Å²) in [5, 5.41) is 0.717. The lowest BCUT2D eigenvalue weighted by Gasteiger charge is -2.40. The van der Waals surface area contributed by atoms with Gasteiger partial charge in [0, 0.05) is 35.5 Å². The summed E-state index contributed by atoms with van der Waals surface area (Å²) < 4.78 is 83.8. The van der Waals surface area contributed by atoms with Gasteiger partial charge in [-0.25, -0.2) is 8.37 Å². The molecule has 204 valence electrons. The van der Waals surface area contributed by atoms with Crippen molar-refractivity contribution in [3.05, 3.63) is 108 Å². The molecule has 13 heteroatoms. The van der Waals surface area contributed by atoms with E-state index < -0.39 is 45.0 Å². The van der Waals surface area contributed by atoms with Crippen molar-refractivity contribution in [3.8, 4) is 0 Å². The Morgan fingerprint density at radius 3 is 2.28 bits per heavy atom. The molecule has 5 rings (SSSR count). The minimum atomic E-state index is -5.16. The SMILES string of the molecule is O=S(=O)(O)O[C@H]1[C@H](OCc2ccccc2)[C@@H](c2cc[nH]c2)C=C(c2cccc3cccnc23)[C@H]1OS(=O)(=O)O. The molecule has 0 fully saturated rings. The van der Waals surface area contributed by atoms with E-state index in [2.05, 4.69) is 9.97 Å². The van der Waals surface area contributed by atoms with Crippen molar-refractivity contribution in [2.75, 3.05) is 0 Å². The molecule has 0 bridgehead atoms. The number of aromatic amines is 1. The molecule has 1 aliphatic rings. The van der Waals surface area contributed by atoms with Crippen LogP contribution in [0.15, 0.2) is 91.4 Å². The maximum absolute atomic E-state index is 12.1. The predicted molar refractivity (Wildman–Crippen MR) is 141 cm³/mol. The molecule has 0 saturated carbocycles. The lowest BCUT2D eigenvalue weighted by molar-refractivity contribution is -0.0755. The van der Waals surface area contributed by atoms with Crippen LogP contribution in [0, 0.1) is 0 Å². The third-order valence-electron chi connectivity index (χ3n) is 6.34. The average Bonchev–Trinajstić information content (AvgIpc) is 3.42. The van der Waals surface area contributed by atoms with E-state index >= 15 is 0 Å². The summed E-state index contributed by atoms with van der Waals surface area (Å²) in [5.41, 5.74) is 2.45. The fourth-order valence-corrected chi connectivity index (χ4v) is 5.76. The van der Waals surface area contributed by atoms with Crippen molar-refractivity contribution in [2.45, 2.75) is 30.8 Å². The zero-order chi connectivity index (χ0) is 27.6. The first-order valence-electron chi connectivity index (χ1n) is 11.7. The summed E-state index contributed by atoms with van der Waals surface area (Å²) in [6.07, 6.45) is 1.87. The normalized spacial score (nSPS) is 22.1. The van der Waals surface area contributed by atoms with E-state index in [4.69, 9.17) is 13.1 Å². The van der Waals surface area contributed by atoms with Gasteiger partial charge in [0.2, 0.25) is 0 Å². The highest BCUT2D eigenvalue weighted by atomic mass is 32.3. The number of hydrogen-bond acceptors (Lipinski definition) is 8. The lowest BCUT2D eigenvalue weighted by Crippen LogP contribution is -2.50. The van der Waals surface area contributed by atoms with Crippen molar-refractivity contribution < 1.29 is 39.0 Å². The molecule has 0 radical (unpaired) electrons. The van der Waals surface area contributed by atoms with Gasteiger partial charge >= 0.3 is 20.8 Å². The highest BCUT2D eigenvalue weighted by Crippen LogP contribution is 2.43. The van der Waals surface area contributed by atoms with Gasteiger partial charge in [0.05, 0.1) is 18.2 Å². The largest absolute Gasteiger partial charge is 0.398 e. The third-order valence-corrected chi connectivity index (χ3v) is 7.25. The van der Waals surface area contributed by atoms with Crippen LogP contribution in [0.2, 0.25) is 0 Å². The van der Waals surface area contributed by atoms with Crippen molar-refractivity contribution in [3.63, 3.8) is 0 Å². The van der Waals surface area contributed by atoms with Crippen LogP contribution in [0.25, 0.3) is 16.5 Å². The van der Waals surface area contributed by atoms with E-state index in [1.165, 1.54) is 0 Å². The van der Waals surface area contributed by atoms with Gasteiger partial charge in [0.15, 0.2) is 0 Å². The fraction of sp³-hybridized carbons (Fsp3) is 0.192. The molecule has 0 aliphatic heterocycles. The van der Waals surface area contributed by atoms with Crippen molar-refractivity contribution in [2.24, 2.45) is 0 Å². The molecule has 39 heavy (non-hydrogen) atoms. The van der Waals surface area contributed by atoms with Crippen LogP contribution in [-0.2, 0) is 40.5 Å². The second kappa shape index (κ2) is 11.0. The van der Waals surface area contributed by atoms with E-state index in [0.29, 0.717) is 16.6 Å². The van der Waals surface area contributed by atoms with Crippen LogP contribution in [0.5, 0.6) is 0 Å². The molecule has 0 saturated heterocycles. The van der Waals surface area contributed by atoms with E-state index in [1.807, 2.05) is 6.07 Å². The first-order chi connectivity index (χ1) is 18.6. The molecule has 0 spiro atoms. The summed E-state index contributed by atoms with van der Waals surface area (Å²) >= 11 is 0. The topological polar surface area (TPSA) is 165 Å². The molecule has 4 atom stereocenters. The number of fused-ring (bicyclic) bond motifs is 1. The van der Waals surface area contributed by atoms with E-state index in [1.54, 1.807) is 85.3 Å². The number of pyridine rings is 1. The molecule has 0 unspecified atom stereocenters. The van der Waals surface area contributed by atoms with Gasteiger partial charge in [-0.05, 0) is 28.8 Å². The van der Waals surface area contributed by atoms with E-state index in [-0.39, 0.29) is 12.2 Å². The van der Waals surface area contributed by atoms with Crippen molar-refractivity contribution in [1.29, 1.82) is 0 Å². The Balaban J connectivity index is 1.72. The summed E-state index contributed by atoms with van der Waals surface area (Å²) in [5.74, 6) is -0.707. The minimum Gasteiger partial charge on any atom is -0.370 e. The molecule has 0 amide bonds. The Morgan fingerprint density at radius 2 is 1.59 bits per heavy atom. The molecule has 11 nitrogen and oxygen atoms in total. The van der Waals surface area contributed by atoms with Crippen molar-refractivity contribution in [1.82, 2.24) is 9.97 Å². The second-order valence-corrected chi connectivity index (χ2v) is 11.0. The number of nitrogens with zero attached hydrogens (tertiary/aromatic N) is 1. The smallest absolute Gasteiger partial charge is 0.370 e. The molecule has 3 N–H and O–H groups in total. The number of para-hydroxylation sites is 1.